The van der Waals surface area contributed by atoms with Crippen molar-refractivity contribution < 1.29 is 19.4 Å². The fourth-order valence-electron chi connectivity index (χ4n) is 1.69. The molecule has 0 saturated heterocycles. The van der Waals surface area contributed by atoms with Crippen molar-refractivity contribution in [1.82, 2.24) is 0 Å². The van der Waals surface area contributed by atoms with Gasteiger partial charge in [-0.05, 0) is 17.2 Å². The number of aliphatic hydroxyl groups is 1. The predicted octanol–water partition coefficient (Wildman–Crippen LogP) is 2.50. The van der Waals surface area contributed by atoms with Gasteiger partial charge < -0.3 is 9.84 Å². The van der Waals surface area contributed by atoms with Crippen LogP contribution in [0.4, 0.5) is 0 Å². The Bertz CT molecular complexity index is 632. The lowest BCUT2D eigenvalue weighted by Crippen LogP contribution is -2.18. The molecular weight excluding hydrogens is 268 g/mol. The first kappa shape index (κ1) is 14.7. The Morgan fingerprint density at radius 1 is 0.952 bits per heavy atom. The van der Waals surface area contributed by atoms with Gasteiger partial charge in [-0.1, -0.05) is 60.7 Å². The van der Waals surface area contributed by atoms with E-state index in [1.54, 1.807) is 30.3 Å². The average Bonchev–Trinajstić information content (AvgIpc) is 2.54. The lowest BCUT2D eigenvalue weighted by molar-refractivity contribution is -0.163. The van der Waals surface area contributed by atoms with E-state index in [0.717, 1.165) is 11.6 Å². The first-order valence-electron chi connectivity index (χ1n) is 6.38. The van der Waals surface area contributed by atoms with Crippen LogP contribution in [-0.4, -0.2) is 17.0 Å². The van der Waals surface area contributed by atoms with Gasteiger partial charge in [-0.25, -0.2) is 9.59 Å². The third kappa shape index (κ3) is 4.40. The van der Waals surface area contributed by atoms with E-state index >= 15 is 0 Å². The molecule has 0 unspecified atom stereocenters. The van der Waals surface area contributed by atoms with Crippen LogP contribution in [0.15, 0.2) is 66.7 Å². The number of aliphatic hydroxyl groups excluding tert-OH is 1. The molecule has 0 bridgehead atoms. The molecule has 2 rings (SSSR count). The smallest absolute Gasteiger partial charge is 0.347 e. The summed E-state index contributed by atoms with van der Waals surface area (Å²) in [4.78, 5) is 23.2. The second-order valence-corrected chi connectivity index (χ2v) is 4.30. The van der Waals surface area contributed by atoms with Gasteiger partial charge in [0.2, 0.25) is 0 Å². The summed E-state index contributed by atoms with van der Waals surface area (Å²) in [7, 11) is 0. The second-order valence-electron chi connectivity index (χ2n) is 4.30. The number of hydrogen-bond acceptors (Lipinski definition) is 4. The summed E-state index contributed by atoms with van der Waals surface area (Å²) in [5.74, 6) is -1.82. The van der Waals surface area contributed by atoms with Crippen molar-refractivity contribution in [2.24, 2.45) is 0 Å². The number of hydrogen-bond donors (Lipinski definition) is 1. The van der Waals surface area contributed by atoms with Crippen LogP contribution in [0.3, 0.4) is 0 Å². The van der Waals surface area contributed by atoms with Gasteiger partial charge in [-0.15, -0.1) is 0 Å². The fourth-order valence-corrected chi connectivity index (χ4v) is 1.69. The minimum atomic E-state index is -1.47. The molecule has 2 aromatic rings. The largest absolute Gasteiger partial charge is 0.388 e. The van der Waals surface area contributed by atoms with Gasteiger partial charge in [0.1, 0.15) is 0 Å². The monoisotopic (exact) mass is 282 g/mol. The molecule has 106 valence electrons. The van der Waals surface area contributed by atoms with Crippen LogP contribution in [0.2, 0.25) is 0 Å². The number of rotatable bonds is 4. The third-order valence-corrected chi connectivity index (χ3v) is 2.75. The zero-order valence-corrected chi connectivity index (χ0v) is 11.2. The van der Waals surface area contributed by atoms with Crippen molar-refractivity contribution in [3.63, 3.8) is 0 Å². The van der Waals surface area contributed by atoms with Gasteiger partial charge in [-0.3, -0.25) is 0 Å². The zero-order chi connectivity index (χ0) is 15.1. The van der Waals surface area contributed by atoms with E-state index in [4.69, 9.17) is 0 Å². The maximum Gasteiger partial charge on any atom is 0.347 e. The minimum Gasteiger partial charge on any atom is -0.388 e. The van der Waals surface area contributed by atoms with E-state index in [2.05, 4.69) is 4.74 Å². The van der Waals surface area contributed by atoms with Gasteiger partial charge in [-0.2, -0.15) is 0 Å². The molecule has 0 aromatic heterocycles. The molecule has 0 aliphatic heterocycles. The van der Waals surface area contributed by atoms with Crippen molar-refractivity contribution in [2.45, 2.75) is 6.10 Å². The van der Waals surface area contributed by atoms with Crippen molar-refractivity contribution in [1.29, 1.82) is 0 Å². The highest BCUT2D eigenvalue weighted by Gasteiger charge is 2.20. The van der Waals surface area contributed by atoms with Crippen LogP contribution in [0.25, 0.3) is 6.08 Å². The molecular formula is C17H14O4. The van der Waals surface area contributed by atoms with Gasteiger partial charge in [0, 0.05) is 6.08 Å². The Morgan fingerprint density at radius 2 is 1.52 bits per heavy atom. The van der Waals surface area contributed by atoms with Gasteiger partial charge >= 0.3 is 11.9 Å². The summed E-state index contributed by atoms with van der Waals surface area (Å²) < 4.78 is 4.57. The number of ether oxygens (including phenoxy) is 1. The van der Waals surface area contributed by atoms with Crippen LogP contribution in [0.1, 0.15) is 17.2 Å². The van der Waals surface area contributed by atoms with Crippen LogP contribution < -0.4 is 0 Å². The normalized spacial score (nSPS) is 12.0. The van der Waals surface area contributed by atoms with Crippen LogP contribution in [0, 0.1) is 0 Å². The Hall–Kier alpha value is -2.72. The van der Waals surface area contributed by atoms with E-state index in [1.165, 1.54) is 6.08 Å². The van der Waals surface area contributed by atoms with E-state index in [1.807, 2.05) is 30.3 Å². The molecule has 2 aromatic carbocycles. The summed E-state index contributed by atoms with van der Waals surface area (Å²) >= 11 is 0. The SMILES string of the molecule is O=C(/C=C/c1ccccc1)OC(=O)[C@H](O)c1ccccc1. The standard InChI is InChI=1S/C17H14O4/c18-15(12-11-13-7-3-1-4-8-13)21-17(20)16(19)14-9-5-2-6-10-14/h1-12,16,19H/b12-11+/t16-/m1/s1. The first-order chi connectivity index (χ1) is 10.2. The topological polar surface area (TPSA) is 63.6 Å². The summed E-state index contributed by atoms with van der Waals surface area (Å²) in [6.45, 7) is 0. The minimum absolute atomic E-state index is 0.377. The van der Waals surface area contributed by atoms with E-state index in [-0.39, 0.29) is 0 Å². The van der Waals surface area contributed by atoms with Gasteiger partial charge in [0.15, 0.2) is 6.10 Å². The molecule has 0 heterocycles. The average molecular weight is 282 g/mol. The lowest BCUT2D eigenvalue weighted by Gasteiger charge is -2.08. The highest BCUT2D eigenvalue weighted by atomic mass is 16.6. The maximum absolute atomic E-state index is 11.6. The predicted molar refractivity (Wildman–Crippen MR) is 78.0 cm³/mol. The summed E-state index contributed by atoms with van der Waals surface area (Å²) in [6, 6.07) is 17.4. The highest BCUT2D eigenvalue weighted by molar-refractivity contribution is 5.96. The van der Waals surface area contributed by atoms with Crippen molar-refractivity contribution in [2.75, 3.05) is 0 Å². The Kier molecular flexibility index (Phi) is 5.01. The Labute approximate surface area is 122 Å². The van der Waals surface area contributed by atoms with E-state index in [9.17, 15) is 14.7 Å². The lowest BCUT2D eigenvalue weighted by atomic mass is 10.1. The number of carbonyl (C=O) groups is 2. The molecule has 0 fully saturated rings. The zero-order valence-electron chi connectivity index (χ0n) is 11.2. The van der Waals surface area contributed by atoms with Crippen LogP contribution in [0.5, 0.6) is 0 Å². The molecule has 21 heavy (non-hydrogen) atoms. The molecule has 4 heteroatoms. The van der Waals surface area contributed by atoms with Crippen molar-refractivity contribution in [3.8, 4) is 0 Å². The molecule has 1 N–H and O–H groups in total. The van der Waals surface area contributed by atoms with Crippen molar-refractivity contribution >= 4 is 18.0 Å². The highest BCUT2D eigenvalue weighted by Crippen LogP contribution is 2.13. The molecule has 0 aliphatic carbocycles. The second kappa shape index (κ2) is 7.17. The molecule has 1 atom stereocenters. The molecule has 0 spiro atoms. The van der Waals surface area contributed by atoms with Crippen molar-refractivity contribution in [3.05, 3.63) is 77.9 Å². The van der Waals surface area contributed by atoms with E-state index in [0.29, 0.717) is 5.56 Å². The number of esters is 2. The molecule has 0 aliphatic rings. The van der Waals surface area contributed by atoms with Gasteiger partial charge in [0.25, 0.3) is 0 Å². The number of carbonyl (C=O) groups excluding carboxylic acids is 2. The summed E-state index contributed by atoms with van der Waals surface area (Å²) in [6.07, 6.45) is 1.20. The van der Waals surface area contributed by atoms with E-state index < -0.39 is 18.0 Å². The van der Waals surface area contributed by atoms with Crippen LogP contribution >= 0.6 is 0 Å². The van der Waals surface area contributed by atoms with Crippen LogP contribution in [-0.2, 0) is 14.3 Å². The first-order valence-corrected chi connectivity index (χ1v) is 6.38. The molecule has 0 amide bonds. The molecule has 0 radical (unpaired) electrons. The Balaban J connectivity index is 1.93. The quantitative estimate of drug-likeness (QED) is 0.531. The third-order valence-electron chi connectivity index (χ3n) is 2.75. The summed E-state index contributed by atoms with van der Waals surface area (Å²) in [5.41, 5.74) is 1.19. The summed E-state index contributed by atoms with van der Waals surface area (Å²) in [5, 5.41) is 9.77. The Morgan fingerprint density at radius 3 is 2.14 bits per heavy atom. The fraction of sp³-hybridized carbons (Fsp3) is 0.0588. The number of benzene rings is 2. The van der Waals surface area contributed by atoms with Gasteiger partial charge in [0.05, 0.1) is 0 Å². The molecule has 4 nitrogen and oxygen atoms in total. The molecule has 0 saturated carbocycles. The maximum atomic E-state index is 11.6.